The molecule has 0 spiro atoms. The number of hydrogen-bond donors (Lipinski definition) is 2. The van der Waals surface area contributed by atoms with Gasteiger partial charge in [0.05, 0.1) is 11.1 Å². The summed E-state index contributed by atoms with van der Waals surface area (Å²) in [5, 5.41) is 19.0. The number of pyridine rings is 1. The van der Waals surface area contributed by atoms with Gasteiger partial charge in [-0.3, -0.25) is 19.7 Å². The summed E-state index contributed by atoms with van der Waals surface area (Å²) in [7, 11) is 0. The lowest BCUT2D eigenvalue weighted by Crippen LogP contribution is -2.34. The number of carboxylic acids is 1. The van der Waals surface area contributed by atoms with Gasteiger partial charge in [0.15, 0.2) is 0 Å². The Bertz CT molecular complexity index is 481. The largest absolute Gasteiger partial charge is 0.480 e. The van der Waals surface area contributed by atoms with Crippen LogP contribution in [0.2, 0.25) is 0 Å². The molecule has 0 bridgehead atoms. The lowest BCUT2D eigenvalue weighted by atomic mass is 10.3. The Kier molecular flexibility index (Phi) is 3.36. The molecule has 1 aromatic heterocycles. The normalized spacial score (nSPS) is 12.1. The van der Waals surface area contributed by atoms with Crippen LogP contribution < -0.4 is 11.2 Å². The van der Waals surface area contributed by atoms with Gasteiger partial charge >= 0.3 is 11.7 Å². The molecule has 0 radical (unpaired) electrons. The second-order valence-corrected chi connectivity index (χ2v) is 3.09. The van der Waals surface area contributed by atoms with Gasteiger partial charge in [0.2, 0.25) is 0 Å². The van der Waals surface area contributed by atoms with Crippen LogP contribution in [0.5, 0.6) is 0 Å². The van der Waals surface area contributed by atoms with E-state index < -0.39 is 28.1 Å². The van der Waals surface area contributed by atoms with Gasteiger partial charge < -0.3 is 15.4 Å². The van der Waals surface area contributed by atoms with Gasteiger partial charge in [-0.15, -0.1) is 0 Å². The predicted octanol–water partition coefficient (Wildman–Crippen LogP) is -0.832. The van der Waals surface area contributed by atoms with Crippen molar-refractivity contribution in [3.63, 3.8) is 0 Å². The maximum absolute atomic E-state index is 11.0. The molecule has 0 aliphatic rings. The third kappa shape index (κ3) is 2.64. The van der Waals surface area contributed by atoms with Gasteiger partial charge in [-0.1, -0.05) is 0 Å². The van der Waals surface area contributed by atoms with Crippen LogP contribution in [-0.4, -0.2) is 26.6 Å². The van der Waals surface area contributed by atoms with Crippen LogP contribution in [0.4, 0.5) is 5.69 Å². The zero-order chi connectivity index (χ0) is 12.3. The zero-order valence-corrected chi connectivity index (χ0v) is 8.07. The Balaban J connectivity index is 3.00. The molecule has 0 fully saturated rings. The van der Waals surface area contributed by atoms with Crippen molar-refractivity contribution in [3.8, 4) is 0 Å². The van der Waals surface area contributed by atoms with Crippen LogP contribution in [-0.2, 0) is 11.3 Å². The van der Waals surface area contributed by atoms with Crippen LogP contribution in [0.15, 0.2) is 23.3 Å². The van der Waals surface area contributed by atoms with Gasteiger partial charge in [-0.25, -0.2) is 0 Å². The molecule has 0 saturated carbocycles. The first-order valence-corrected chi connectivity index (χ1v) is 4.24. The van der Waals surface area contributed by atoms with E-state index in [4.69, 9.17) is 10.8 Å². The Morgan fingerprint density at radius 3 is 2.81 bits per heavy atom. The summed E-state index contributed by atoms with van der Waals surface area (Å²) in [5.41, 5.74) is 3.90. The number of carbonyl (C=O) groups is 1. The summed E-state index contributed by atoms with van der Waals surface area (Å²) >= 11 is 0. The molecule has 0 saturated heterocycles. The van der Waals surface area contributed by atoms with E-state index in [1.54, 1.807) is 0 Å². The smallest absolute Gasteiger partial charge is 0.332 e. The van der Waals surface area contributed by atoms with Gasteiger partial charge in [0.25, 0.3) is 5.43 Å². The highest BCUT2D eigenvalue weighted by molar-refractivity contribution is 5.72. The van der Waals surface area contributed by atoms with Gasteiger partial charge in [0, 0.05) is 18.8 Å². The molecule has 1 rings (SSSR count). The summed E-state index contributed by atoms with van der Waals surface area (Å²) < 4.78 is 1.19. The van der Waals surface area contributed by atoms with Gasteiger partial charge in [-0.2, -0.15) is 0 Å². The summed E-state index contributed by atoms with van der Waals surface area (Å²) in [6, 6.07) is -0.186. The fourth-order valence-electron chi connectivity index (χ4n) is 1.07. The third-order valence-corrected chi connectivity index (χ3v) is 1.88. The van der Waals surface area contributed by atoms with E-state index in [-0.39, 0.29) is 6.54 Å². The van der Waals surface area contributed by atoms with Crippen molar-refractivity contribution in [2.24, 2.45) is 5.73 Å². The Labute approximate surface area is 89.1 Å². The van der Waals surface area contributed by atoms with Crippen molar-refractivity contribution in [1.82, 2.24) is 4.57 Å². The van der Waals surface area contributed by atoms with Gasteiger partial charge in [-0.05, 0) is 0 Å². The van der Waals surface area contributed by atoms with E-state index in [0.717, 1.165) is 12.3 Å². The van der Waals surface area contributed by atoms with Crippen molar-refractivity contribution in [1.29, 1.82) is 0 Å². The fourth-order valence-corrected chi connectivity index (χ4v) is 1.07. The van der Waals surface area contributed by atoms with E-state index in [0.29, 0.717) is 0 Å². The van der Waals surface area contributed by atoms with Crippen LogP contribution in [0.3, 0.4) is 0 Å². The average molecular weight is 227 g/mol. The fraction of sp³-hybridized carbons (Fsp3) is 0.250. The molecule has 1 atom stereocenters. The standard InChI is InChI=1S/C8H9N3O5/c9-5(8(13)14)3-10-2-1-7(12)6(4-10)11(15)16/h1-2,4-5H,3,9H2,(H,13,14). The number of carboxylic acid groups (broad SMARTS) is 1. The quantitative estimate of drug-likeness (QED) is 0.510. The molecule has 86 valence electrons. The number of nitro groups is 1. The number of rotatable bonds is 4. The predicted molar refractivity (Wildman–Crippen MR) is 53.0 cm³/mol. The number of aromatic nitrogens is 1. The van der Waals surface area contributed by atoms with Crippen molar-refractivity contribution < 1.29 is 14.8 Å². The van der Waals surface area contributed by atoms with E-state index >= 15 is 0 Å². The molecule has 3 N–H and O–H groups in total. The Morgan fingerprint density at radius 2 is 2.31 bits per heavy atom. The van der Waals surface area contributed by atoms with E-state index in [1.807, 2.05) is 0 Å². The number of hydrogen-bond acceptors (Lipinski definition) is 5. The Morgan fingerprint density at radius 1 is 1.69 bits per heavy atom. The monoisotopic (exact) mass is 227 g/mol. The minimum Gasteiger partial charge on any atom is -0.480 e. The third-order valence-electron chi connectivity index (χ3n) is 1.88. The molecular formula is C8H9N3O5. The molecule has 0 aromatic carbocycles. The first kappa shape index (κ1) is 11.9. The molecule has 1 aromatic rings. The van der Waals surface area contributed by atoms with Crippen molar-refractivity contribution >= 4 is 11.7 Å². The highest BCUT2D eigenvalue weighted by atomic mass is 16.6. The minimum atomic E-state index is -1.22. The van der Waals surface area contributed by atoms with E-state index in [1.165, 1.54) is 10.8 Å². The van der Waals surface area contributed by atoms with Crippen LogP contribution in [0, 0.1) is 10.1 Å². The molecule has 0 aliphatic heterocycles. The van der Waals surface area contributed by atoms with E-state index in [2.05, 4.69) is 0 Å². The second-order valence-electron chi connectivity index (χ2n) is 3.09. The molecular weight excluding hydrogens is 218 g/mol. The summed E-state index contributed by atoms with van der Waals surface area (Å²) in [6.45, 7) is -0.142. The maximum atomic E-state index is 11.0. The minimum absolute atomic E-state index is 0.142. The van der Waals surface area contributed by atoms with Crippen LogP contribution in [0.25, 0.3) is 0 Å². The van der Waals surface area contributed by atoms with Crippen molar-refractivity contribution in [3.05, 3.63) is 38.8 Å². The first-order chi connectivity index (χ1) is 7.41. The number of nitrogens with two attached hydrogens (primary N) is 1. The first-order valence-electron chi connectivity index (χ1n) is 4.24. The molecule has 1 heterocycles. The topological polar surface area (TPSA) is 128 Å². The Hall–Kier alpha value is -2.22. The molecule has 16 heavy (non-hydrogen) atoms. The van der Waals surface area contributed by atoms with Crippen molar-refractivity contribution in [2.45, 2.75) is 12.6 Å². The molecule has 1 unspecified atom stereocenters. The highest BCUT2D eigenvalue weighted by Crippen LogP contribution is 2.02. The molecule has 0 aliphatic carbocycles. The molecule has 8 nitrogen and oxygen atoms in total. The van der Waals surface area contributed by atoms with Crippen molar-refractivity contribution in [2.75, 3.05) is 0 Å². The lowest BCUT2D eigenvalue weighted by Gasteiger charge is -2.08. The number of aliphatic carboxylic acids is 1. The average Bonchev–Trinajstić information content (AvgIpc) is 2.20. The summed E-state index contributed by atoms with van der Waals surface area (Å²) in [5.74, 6) is -1.22. The highest BCUT2D eigenvalue weighted by Gasteiger charge is 2.15. The van der Waals surface area contributed by atoms with Crippen LogP contribution >= 0.6 is 0 Å². The maximum Gasteiger partial charge on any atom is 0.332 e. The zero-order valence-electron chi connectivity index (χ0n) is 8.07. The molecule has 0 amide bonds. The summed E-state index contributed by atoms with van der Waals surface area (Å²) in [6.07, 6.45) is 2.21. The van der Waals surface area contributed by atoms with E-state index in [9.17, 15) is 19.7 Å². The SMILES string of the molecule is NC(Cn1ccc(=O)c([N+](=O)[O-])c1)C(=O)O. The molecule has 8 heteroatoms. The number of nitrogens with zero attached hydrogens (tertiary/aromatic N) is 2. The summed E-state index contributed by atoms with van der Waals surface area (Å²) in [4.78, 5) is 31.1. The lowest BCUT2D eigenvalue weighted by molar-refractivity contribution is -0.386. The van der Waals surface area contributed by atoms with Crippen LogP contribution in [0.1, 0.15) is 0 Å². The second kappa shape index (κ2) is 4.53. The van der Waals surface area contributed by atoms with Gasteiger partial charge in [0.1, 0.15) is 6.04 Å².